The van der Waals surface area contributed by atoms with Gasteiger partial charge in [-0.05, 0) is 19.1 Å². The number of nitrogens with zero attached hydrogens (tertiary/aromatic N) is 5. The van der Waals surface area contributed by atoms with Gasteiger partial charge in [0, 0.05) is 57.1 Å². The summed E-state index contributed by atoms with van der Waals surface area (Å²) in [6.07, 6.45) is 3.53. The number of rotatable bonds is 4. The van der Waals surface area contributed by atoms with Crippen LogP contribution in [-0.4, -0.2) is 92.8 Å². The molecule has 12 nitrogen and oxygen atoms in total. The zero-order valence-corrected chi connectivity index (χ0v) is 18.6. The lowest BCUT2D eigenvalue weighted by Gasteiger charge is -2.31. The molecule has 2 aromatic rings. The van der Waals surface area contributed by atoms with Gasteiger partial charge in [0.05, 0.1) is 30.5 Å². The number of aryl methyl sites for hydroxylation is 2. The average Bonchev–Trinajstić information content (AvgIpc) is 2.91. The van der Waals surface area contributed by atoms with Gasteiger partial charge in [0.25, 0.3) is 12.9 Å². The number of hydrogen-bond acceptors (Lipinski definition) is 8. The number of aromatic nitrogens is 3. The van der Waals surface area contributed by atoms with Crippen LogP contribution >= 0.6 is 0 Å². The maximum atomic E-state index is 11.1. The van der Waals surface area contributed by atoms with E-state index in [4.69, 9.17) is 29.6 Å². The van der Waals surface area contributed by atoms with Crippen LogP contribution in [0.25, 0.3) is 0 Å². The van der Waals surface area contributed by atoms with Gasteiger partial charge in [0.2, 0.25) is 0 Å². The Kier molecular flexibility index (Phi) is 9.76. The molecule has 0 aromatic carbocycles. The monoisotopic (exact) mass is 463 g/mol. The number of carboxylic acid groups (broad SMARTS) is 3. The van der Waals surface area contributed by atoms with Crippen LogP contribution in [-0.2, 0) is 27.9 Å². The van der Waals surface area contributed by atoms with E-state index in [0.717, 1.165) is 44.3 Å². The van der Waals surface area contributed by atoms with E-state index >= 15 is 0 Å². The maximum Gasteiger partial charge on any atom is 0.337 e. The first-order chi connectivity index (χ1) is 15.8. The molecule has 2 aromatic heterocycles. The molecule has 180 valence electrons. The topological polar surface area (TPSA) is 158 Å². The summed E-state index contributed by atoms with van der Waals surface area (Å²) in [5, 5.41) is 27.3. The molecule has 4 heterocycles. The van der Waals surface area contributed by atoms with Crippen LogP contribution < -0.4 is 4.90 Å². The van der Waals surface area contributed by atoms with Crippen molar-refractivity contribution in [3.63, 3.8) is 0 Å². The molecule has 4 rings (SSSR count). The van der Waals surface area contributed by atoms with Crippen molar-refractivity contribution in [2.45, 2.75) is 19.5 Å². The Bertz CT molecular complexity index is 912. The van der Waals surface area contributed by atoms with Crippen LogP contribution in [0.4, 0.5) is 5.82 Å². The SMILES string of the molecule is Cc1nn(C)cc1CN1C[C@@H]2COC[C@H](C1)N(c1ccc(C(=O)O)cn1)C2.O=CO.O=CO. The van der Waals surface area contributed by atoms with Crippen molar-refractivity contribution in [2.75, 3.05) is 37.7 Å². The summed E-state index contributed by atoms with van der Waals surface area (Å²) in [7, 11) is 1.95. The van der Waals surface area contributed by atoms with Crippen molar-refractivity contribution < 1.29 is 34.4 Å². The second-order valence-electron chi connectivity index (χ2n) is 7.74. The van der Waals surface area contributed by atoms with Crippen LogP contribution in [0.2, 0.25) is 0 Å². The molecule has 2 fully saturated rings. The number of ether oxygens (including phenoxy) is 1. The summed E-state index contributed by atoms with van der Waals surface area (Å²) in [4.78, 5) is 37.0. The lowest BCUT2D eigenvalue weighted by molar-refractivity contribution is -0.123. The molecular formula is C21H29N5O7. The summed E-state index contributed by atoms with van der Waals surface area (Å²) in [6.45, 7) is 6.54. The van der Waals surface area contributed by atoms with Crippen molar-refractivity contribution in [1.29, 1.82) is 0 Å². The zero-order chi connectivity index (χ0) is 24.4. The normalized spacial score (nSPS) is 19.8. The van der Waals surface area contributed by atoms with E-state index in [2.05, 4.69) is 33.0 Å². The Hall–Kier alpha value is -3.51. The molecule has 33 heavy (non-hydrogen) atoms. The Labute approximate surface area is 191 Å². The third-order valence-electron chi connectivity index (χ3n) is 5.34. The summed E-state index contributed by atoms with van der Waals surface area (Å²) >= 11 is 0. The van der Waals surface area contributed by atoms with Crippen LogP contribution in [0.15, 0.2) is 24.5 Å². The first kappa shape index (κ1) is 25.7. The third-order valence-corrected chi connectivity index (χ3v) is 5.34. The number of anilines is 1. The van der Waals surface area contributed by atoms with Gasteiger partial charge in [-0.25, -0.2) is 9.78 Å². The molecule has 0 radical (unpaired) electrons. The molecule has 2 saturated heterocycles. The quantitative estimate of drug-likeness (QED) is 0.544. The largest absolute Gasteiger partial charge is 0.483 e. The van der Waals surface area contributed by atoms with Gasteiger partial charge in [-0.1, -0.05) is 0 Å². The second kappa shape index (κ2) is 12.5. The van der Waals surface area contributed by atoms with E-state index in [1.54, 1.807) is 12.1 Å². The molecular weight excluding hydrogens is 434 g/mol. The molecule has 0 spiro atoms. The highest BCUT2D eigenvalue weighted by atomic mass is 16.5. The van der Waals surface area contributed by atoms with Crippen molar-refractivity contribution in [2.24, 2.45) is 13.0 Å². The van der Waals surface area contributed by atoms with E-state index in [0.29, 0.717) is 12.5 Å². The third kappa shape index (κ3) is 7.26. The number of pyridine rings is 1. The summed E-state index contributed by atoms with van der Waals surface area (Å²) in [6, 6.07) is 3.62. The smallest absolute Gasteiger partial charge is 0.337 e. The highest BCUT2D eigenvalue weighted by Gasteiger charge is 2.34. The van der Waals surface area contributed by atoms with Crippen LogP contribution in [0.5, 0.6) is 0 Å². The zero-order valence-electron chi connectivity index (χ0n) is 18.6. The average molecular weight is 463 g/mol. The van der Waals surface area contributed by atoms with E-state index in [9.17, 15) is 4.79 Å². The van der Waals surface area contributed by atoms with Crippen molar-refractivity contribution >= 4 is 24.7 Å². The van der Waals surface area contributed by atoms with Crippen molar-refractivity contribution in [1.82, 2.24) is 19.7 Å². The van der Waals surface area contributed by atoms with Crippen LogP contribution in [0.3, 0.4) is 0 Å². The first-order valence-electron chi connectivity index (χ1n) is 10.2. The minimum Gasteiger partial charge on any atom is -0.483 e. The number of carboxylic acids is 1. The van der Waals surface area contributed by atoms with Gasteiger partial charge in [0.15, 0.2) is 0 Å². The number of hydrogen-bond donors (Lipinski definition) is 3. The van der Waals surface area contributed by atoms with Gasteiger partial charge in [-0.3, -0.25) is 19.2 Å². The fourth-order valence-corrected chi connectivity index (χ4v) is 4.08. The summed E-state index contributed by atoms with van der Waals surface area (Å²) in [5.41, 5.74) is 2.54. The standard InChI is InChI=1S/C19H25N5O3.2CH2O2/c1-13-16(8-22(2)21-13)9-23-6-14-7-24(17(10-23)12-27-11-14)18-4-3-15(5-20-18)19(25)26;2*2-1-3/h3-5,8,14,17H,6-7,9-12H2,1-2H3,(H,25,26);2*1H,(H,2,3)/t14-,17-;;/m0../s1. The molecule has 0 aliphatic carbocycles. The van der Waals surface area contributed by atoms with Crippen molar-refractivity contribution in [3.8, 4) is 0 Å². The van der Waals surface area contributed by atoms with E-state index in [1.165, 1.54) is 11.8 Å². The second-order valence-corrected chi connectivity index (χ2v) is 7.74. The first-order valence-corrected chi connectivity index (χ1v) is 10.2. The molecule has 2 aliphatic heterocycles. The molecule has 0 amide bonds. The lowest BCUT2D eigenvalue weighted by atomic mass is 10.1. The van der Waals surface area contributed by atoms with E-state index in [1.807, 2.05) is 11.7 Å². The molecule has 2 bridgehead atoms. The number of fused-ring (bicyclic) bond motifs is 3. The Morgan fingerprint density at radius 3 is 2.42 bits per heavy atom. The molecule has 2 aliphatic rings. The van der Waals surface area contributed by atoms with E-state index in [-0.39, 0.29) is 24.5 Å². The Morgan fingerprint density at radius 2 is 1.88 bits per heavy atom. The molecule has 0 unspecified atom stereocenters. The predicted octanol–water partition coefficient (Wildman–Crippen LogP) is 0.561. The van der Waals surface area contributed by atoms with Gasteiger partial charge in [0.1, 0.15) is 5.82 Å². The molecule has 2 atom stereocenters. The predicted molar refractivity (Wildman–Crippen MR) is 117 cm³/mol. The van der Waals surface area contributed by atoms with Crippen LogP contribution in [0.1, 0.15) is 21.6 Å². The fraction of sp³-hybridized carbons (Fsp3) is 0.476. The highest BCUT2D eigenvalue weighted by Crippen LogP contribution is 2.26. The van der Waals surface area contributed by atoms with Gasteiger partial charge < -0.3 is 25.0 Å². The summed E-state index contributed by atoms with van der Waals surface area (Å²) < 4.78 is 7.76. The van der Waals surface area contributed by atoms with Crippen molar-refractivity contribution in [3.05, 3.63) is 41.3 Å². The molecule has 3 N–H and O–H groups in total. The summed E-state index contributed by atoms with van der Waals surface area (Å²) in [5.74, 6) is 0.250. The van der Waals surface area contributed by atoms with Gasteiger partial charge in [-0.15, -0.1) is 0 Å². The number of carbonyl (C=O) groups is 3. The van der Waals surface area contributed by atoms with Gasteiger partial charge in [-0.2, -0.15) is 5.10 Å². The Balaban J connectivity index is 0.000000582. The van der Waals surface area contributed by atoms with Crippen LogP contribution in [0, 0.1) is 12.8 Å². The lowest BCUT2D eigenvalue weighted by Crippen LogP contribution is -2.44. The minimum absolute atomic E-state index is 0.192. The maximum absolute atomic E-state index is 11.1. The van der Waals surface area contributed by atoms with E-state index < -0.39 is 5.97 Å². The highest BCUT2D eigenvalue weighted by molar-refractivity contribution is 5.87. The fourth-order valence-electron chi connectivity index (χ4n) is 4.08. The Morgan fingerprint density at radius 1 is 1.18 bits per heavy atom. The number of aromatic carboxylic acids is 1. The van der Waals surface area contributed by atoms with Gasteiger partial charge >= 0.3 is 5.97 Å². The molecule has 12 heteroatoms. The molecule has 0 saturated carbocycles. The minimum atomic E-state index is -0.954.